The summed E-state index contributed by atoms with van der Waals surface area (Å²) in [4.78, 5) is 9.13. The Kier molecular flexibility index (Phi) is 4.38. The van der Waals surface area contributed by atoms with E-state index in [9.17, 15) is 0 Å². The van der Waals surface area contributed by atoms with E-state index in [1.54, 1.807) is 12.4 Å². The van der Waals surface area contributed by atoms with Gasteiger partial charge >= 0.3 is 0 Å². The van der Waals surface area contributed by atoms with Crippen LogP contribution in [0.4, 0.5) is 5.69 Å². The van der Waals surface area contributed by atoms with Crippen LogP contribution in [0.2, 0.25) is 0 Å². The van der Waals surface area contributed by atoms with Gasteiger partial charge in [-0.3, -0.25) is 9.97 Å². The molecule has 5 aromatic rings. The van der Waals surface area contributed by atoms with E-state index in [1.807, 2.05) is 30.3 Å². The van der Waals surface area contributed by atoms with E-state index in [0.29, 0.717) is 12.1 Å². The van der Waals surface area contributed by atoms with Crippen LogP contribution in [0.25, 0.3) is 33.1 Å². The van der Waals surface area contributed by atoms with Crippen LogP contribution < -0.4 is 5.32 Å². The molecule has 5 rings (SSSR count). The zero-order valence-corrected chi connectivity index (χ0v) is 16.5. The van der Waals surface area contributed by atoms with Gasteiger partial charge in [0.2, 0.25) is 0 Å². The lowest BCUT2D eigenvalue weighted by Crippen LogP contribution is -2.00. The Morgan fingerprint density at radius 1 is 0.967 bits per heavy atom. The summed E-state index contributed by atoms with van der Waals surface area (Å²) in [6.07, 6.45) is 5.52. The van der Waals surface area contributed by atoms with Crippen molar-refractivity contribution in [1.82, 2.24) is 14.5 Å². The molecule has 0 fully saturated rings. The summed E-state index contributed by atoms with van der Waals surface area (Å²) in [6, 6.07) is 22.5. The maximum atomic E-state index is 8.97. The first-order valence-electron chi connectivity index (χ1n) is 9.74. The van der Waals surface area contributed by atoms with Crippen molar-refractivity contribution >= 4 is 27.6 Å². The fourth-order valence-electron chi connectivity index (χ4n) is 3.73. The number of nitrogens with zero attached hydrogens (tertiary/aromatic N) is 4. The highest BCUT2D eigenvalue weighted by molar-refractivity contribution is 5.97. The Morgan fingerprint density at radius 3 is 2.63 bits per heavy atom. The number of aromatic nitrogens is 3. The predicted molar refractivity (Wildman–Crippen MR) is 120 cm³/mol. The van der Waals surface area contributed by atoms with Gasteiger partial charge in [-0.05, 0) is 52.9 Å². The SMILES string of the molecule is Cn1ccc2ccc(-c3cc(NCc4ccc(C#N)cc4)cc4nccnc34)cc21. The molecular weight excluding hydrogens is 370 g/mol. The molecule has 2 aromatic heterocycles. The highest BCUT2D eigenvalue weighted by atomic mass is 14.9. The fraction of sp³-hybridized carbons (Fsp3) is 0.0800. The number of rotatable bonds is 4. The highest BCUT2D eigenvalue weighted by Gasteiger charge is 2.10. The quantitative estimate of drug-likeness (QED) is 0.455. The Morgan fingerprint density at radius 2 is 1.80 bits per heavy atom. The normalized spacial score (nSPS) is 10.9. The molecule has 1 N–H and O–H groups in total. The van der Waals surface area contributed by atoms with E-state index < -0.39 is 0 Å². The minimum atomic E-state index is 0.660. The third kappa shape index (κ3) is 3.25. The maximum Gasteiger partial charge on any atom is 0.0991 e. The molecule has 144 valence electrons. The number of hydrogen-bond acceptors (Lipinski definition) is 4. The van der Waals surface area contributed by atoms with Crippen LogP contribution in [-0.2, 0) is 13.6 Å². The Bertz CT molecular complexity index is 1410. The maximum absolute atomic E-state index is 8.97. The molecule has 5 heteroatoms. The third-order valence-electron chi connectivity index (χ3n) is 5.35. The lowest BCUT2D eigenvalue weighted by Gasteiger charge is -2.12. The third-order valence-corrected chi connectivity index (χ3v) is 5.35. The monoisotopic (exact) mass is 389 g/mol. The van der Waals surface area contributed by atoms with Crippen molar-refractivity contribution in [3.8, 4) is 17.2 Å². The minimum Gasteiger partial charge on any atom is -0.381 e. The molecule has 0 saturated heterocycles. The Balaban J connectivity index is 1.55. The van der Waals surface area contributed by atoms with Gasteiger partial charge in [-0.1, -0.05) is 24.3 Å². The first-order valence-corrected chi connectivity index (χ1v) is 9.74. The lowest BCUT2D eigenvalue weighted by molar-refractivity contribution is 0.969. The van der Waals surface area contributed by atoms with Crippen LogP contribution in [-0.4, -0.2) is 14.5 Å². The van der Waals surface area contributed by atoms with Crippen LogP contribution in [0, 0.1) is 11.3 Å². The molecule has 5 nitrogen and oxygen atoms in total. The van der Waals surface area contributed by atoms with Crippen LogP contribution in [0.1, 0.15) is 11.1 Å². The second-order valence-electron chi connectivity index (χ2n) is 7.31. The molecule has 0 atom stereocenters. The molecule has 0 radical (unpaired) electrons. The largest absolute Gasteiger partial charge is 0.381 e. The highest BCUT2D eigenvalue weighted by Crippen LogP contribution is 2.32. The number of nitrogens with one attached hydrogen (secondary N) is 1. The molecule has 2 heterocycles. The smallest absolute Gasteiger partial charge is 0.0991 e. The summed E-state index contributed by atoms with van der Waals surface area (Å²) in [6.45, 7) is 0.660. The number of benzene rings is 3. The number of fused-ring (bicyclic) bond motifs is 2. The van der Waals surface area contributed by atoms with Gasteiger partial charge in [0.05, 0.1) is 22.7 Å². The van der Waals surface area contributed by atoms with Gasteiger partial charge in [0.15, 0.2) is 0 Å². The molecule has 30 heavy (non-hydrogen) atoms. The summed E-state index contributed by atoms with van der Waals surface area (Å²) >= 11 is 0. The van der Waals surface area contributed by atoms with Crippen LogP contribution >= 0.6 is 0 Å². The van der Waals surface area contributed by atoms with Gasteiger partial charge in [-0.2, -0.15) is 5.26 Å². The van der Waals surface area contributed by atoms with E-state index >= 15 is 0 Å². The van der Waals surface area contributed by atoms with Gasteiger partial charge in [0.1, 0.15) is 0 Å². The van der Waals surface area contributed by atoms with E-state index in [2.05, 4.69) is 69.5 Å². The summed E-state index contributed by atoms with van der Waals surface area (Å²) in [5.41, 5.74) is 7.83. The molecule has 0 aliphatic rings. The predicted octanol–water partition coefficient (Wildman–Crippen LogP) is 5.27. The zero-order chi connectivity index (χ0) is 20.5. The van der Waals surface area contributed by atoms with Crippen molar-refractivity contribution in [2.45, 2.75) is 6.54 Å². The molecule has 3 aromatic carbocycles. The van der Waals surface area contributed by atoms with E-state index in [0.717, 1.165) is 33.4 Å². The molecule has 0 unspecified atom stereocenters. The molecule has 0 bridgehead atoms. The zero-order valence-electron chi connectivity index (χ0n) is 16.5. The summed E-state index contributed by atoms with van der Waals surface area (Å²) in [5.74, 6) is 0. The van der Waals surface area contributed by atoms with Crippen molar-refractivity contribution in [1.29, 1.82) is 5.26 Å². The topological polar surface area (TPSA) is 66.5 Å². The first kappa shape index (κ1) is 17.9. The summed E-state index contributed by atoms with van der Waals surface area (Å²) in [7, 11) is 2.06. The van der Waals surface area contributed by atoms with Crippen molar-refractivity contribution in [3.63, 3.8) is 0 Å². The Hall–Kier alpha value is -4.17. The summed E-state index contributed by atoms with van der Waals surface area (Å²) < 4.78 is 2.12. The second-order valence-corrected chi connectivity index (χ2v) is 7.31. The van der Waals surface area contributed by atoms with Crippen LogP contribution in [0.15, 0.2) is 79.3 Å². The molecular formula is C25H19N5. The number of nitriles is 1. The second kappa shape index (κ2) is 7.34. The molecule has 0 aliphatic carbocycles. The van der Waals surface area contributed by atoms with Gasteiger partial charge in [-0.25, -0.2) is 0 Å². The van der Waals surface area contributed by atoms with E-state index in [4.69, 9.17) is 5.26 Å². The average Bonchev–Trinajstić information content (AvgIpc) is 3.17. The van der Waals surface area contributed by atoms with Crippen molar-refractivity contribution in [3.05, 3.63) is 90.4 Å². The summed E-state index contributed by atoms with van der Waals surface area (Å²) in [5, 5.41) is 13.7. The molecule has 0 spiro atoms. The van der Waals surface area contributed by atoms with Crippen LogP contribution in [0.5, 0.6) is 0 Å². The Labute approximate surface area is 174 Å². The molecule has 0 aliphatic heterocycles. The minimum absolute atomic E-state index is 0.660. The van der Waals surface area contributed by atoms with Crippen molar-refractivity contribution < 1.29 is 0 Å². The first-order chi connectivity index (χ1) is 14.7. The number of anilines is 1. The van der Waals surface area contributed by atoms with E-state index in [-0.39, 0.29) is 0 Å². The lowest BCUT2D eigenvalue weighted by atomic mass is 10.0. The van der Waals surface area contributed by atoms with Gasteiger partial charge in [0.25, 0.3) is 0 Å². The van der Waals surface area contributed by atoms with Gasteiger partial charge in [0, 0.05) is 49.0 Å². The standard InChI is InChI=1S/C25H19N5/c1-30-11-8-19-6-7-20(12-24(19)30)22-13-21(14-23-25(22)28-10-9-27-23)29-16-18-4-2-17(15-26)3-5-18/h2-14,29H,16H2,1H3. The number of aryl methyl sites for hydroxylation is 1. The average molecular weight is 389 g/mol. The van der Waals surface area contributed by atoms with Crippen molar-refractivity contribution in [2.24, 2.45) is 7.05 Å². The number of hydrogen-bond donors (Lipinski definition) is 1. The fourth-order valence-corrected chi connectivity index (χ4v) is 3.73. The van der Waals surface area contributed by atoms with Gasteiger partial charge in [-0.15, -0.1) is 0 Å². The molecule has 0 saturated carbocycles. The van der Waals surface area contributed by atoms with Crippen LogP contribution in [0.3, 0.4) is 0 Å². The van der Waals surface area contributed by atoms with Gasteiger partial charge < -0.3 is 9.88 Å². The van der Waals surface area contributed by atoms with Crippen molar-refractivity contribution in [2.75, 3.05) is 5.32 Å². The molecule has 0 amide bonds. The van der Waals surface area contributed by atoms with E-state index in [1.165, 1.54) is 10.9 Å².